The van der Waals surface area contributed by atoms with E-state index in [1.807, 2.05) is 0 Å². The standard InChI is InChI=1S/3CH3O.Al.Na/c3*1-2;;/h3*1H3;;/q3*-1;+3;. The summed E-state index contributed by atoms with van der Waals surface area (Å²) in [6.45, 7) is 0. The summed E-state index contributed by atoms with van der Waals surface area (Å²) in [6.07, 6.45) is 0. The molecular weight excluding hydrogens is 134 g/mol. The van der Waals surface area contributed by atoms with Crippen molar-refractivity contribution in [1.82, 2.24) is 0 Å². The Hall–Kier alpha value is 1.41. The zero-order valence-electron chi connectivity index (χ0n) is 5.80. The second-order valence-corrected chi connectivity index (χ2v) is 2.99. The minimum Gasteiger partial charge on any atom is -0.457 e. The molecule has 0 N–H and O–H groups in total. The molecule has 0 spiro atoms. The molecule has 0 aromatic carbocycles. The Morgan fingerprint density at radius 2 is 1.12 bits per heavy atom. The average molecular weight is 143 g/mol. The largest absolute Gasteiger partial charge is 0.905 e. The van der Waals surface area contributed by atoms with Crippen LogP contribution < -0.4 is 0 Å². The third kappa shape index (κ3) is 5.55. The molecule has 0 amide bonds. The van der Waals surface area contributed by atoms with Gasteiger partial charge in [0.25, 0.3) is 0 Å². The fourth-order valence-electron chi connectivity index (χ4n) is 0.289. The van der Waals surface area contributed by atoms with E-state index in [1.165, 1.54) is 0 Å². The van der Waals surface area contributed by atoms with Gasteiger partial charge in [-0.15, -0.1) is 0 Å². The van der Waals surface area contributed by atoms with Gasteiger partial charge in [-0.2, -0.15) is 0 Å². The van der Waals surface area contributed by atoms with Gasteiger partial charge in [-0.05, 0) is 0 Å². The first-order valence-electron chi connectivity index (χ1n) is 1.93. The van der Waals surface area contributed by atoms with Crippen molar-refractivity contribution in [2.75, 3.05) is 21.3 Å². The Bertz CT molecular complexity index is 36.0. The first kappa shape index (κ1) is 12.1. The van der Waals surface area contributed by atoms with Gasteiger partial charge >= 0.3 is 15.1 Å². The Morgan fingerprint density at radius 1 is 0.875 bits per heavy atom. The summed E-state index contributed by atoms with van der Waals surface area (Å²) in [4.78, 5) is 0. The van der Waals surface area contributed by atoms with Gasteiger partial charge in [0.2, 0.25) is 0 Å². The predicted molar refractivity (Wildman–Crippen MR) is 32.5 cm³/mol. The van der Waals surface area contributed by atoms with Crippen LogP contribution in [0.3, 0.4) is 0 Å². The van der Waals surface area contributed by atoms with Crippen LogP contribution in [0.1, 0.15) is 0 Å². The Balaban J connectivity index is 0. The zero-order chi connectivity index (χ0) is 5.70. The topological polar surface area (TPSA) is 27.7 Å². The van der Waals surface area contributed by atoms with Gasteiger partial charge in [0.05, 0.1) is 0 Å². The second kappa shape index (κ2) is 8.41. The minimum absolute atomic E-state index is 0. The fraction of sp³-hybridized carbons (Fsp3) is 1.00. The van der Waals surface area contributed by atoms with Crippen LogP contribution in [0.2, 0.25) is 0 Å². The Labute approximate surface area is 77.0 Å². The molecule has 8 heavy (non-hydrogen) atoms. The van der Waals surface area contributed by atoms with Crippen LogP contribution in [-0.2, 0) is 11.4 Å². The number of hydrogen-bond donors (Lipinski definition) is 0. The van der Waals surface area contributed by atoms with Crippen molar-refractivity contribution in [3.05, 3.63) is 0 Å². The maximum absolute atomic E-state index is 4.74. The summed E-state index contributed by atoms with van der Waals surface area (Å²) in [7, 11) is 4.72. The molecule has 0 rings (SSSR count). The first-order chi connectivity index (χ1) is 3.35. The Kier molecular flexibility index (Phi) is 12.7. The average Bonchev–Trinajstić information content (AvgIpc) is 1.72. The van der Waals surface area contributed by atoms with Gasteiger partial charge < -0.3 is 11.4 Å². The van der Waals surface area contributed by atoms with Crippen molar-refractivity contribution in [3.63, 3.8) is 0 Å². The maximum atomic E-state index is 4.74. The van der Waals surface area contributed by atoms with Gasteiger partial charge in [0.1, 0.15) is 0 Å². The SMILES string of the molecule is C[O][Al]([O]C)[O]C.[Na]. The Morgan fingerprint density at radius 3 is 1.12 bits per heavy atom. The molecule has 1 radical (unpaired) electrons. The van der Waals surface area contributed by atoms with E-state index in [0.717, 1.165) is 0 Å². The van der Waals surface area contributed by atoms with Crippen LogP contribution >= 0.6 is 0 Å². The van der Waals surface area contributed by atoms with Crippen LogP contribution in [0.4, 0.5) is 0 Å². The summed E-state index contributed by atoms with van der Waals surface area (Å²) in [5.74, 6) is 0. The summed E-state index contributed by atoms with van der Waals surface area (Å²) in [6, 6.07) is 0. The summed E-state index contributed by atoms with van der Waals surface area (Å²) < 4.78 is 14.2. The molecule has 0 aliphatic rings. The molecule has 3 nitrogen and oxygen atoms in total. The van der Waals surface area contributed by atoms with E-state index in [4.69, 9.17) is 11.4 Å². The smallest absolute Gasteiger partial charge is 0.457 e. The molecule has 0 atom stereocenters. The second-order valence-electron chi connectivity index (χ2n) is 0.996. The fourth-order valence-corrected chi connectivity index (χ4v) is 0.866. The number of rotatable bonds is 3. The summed E-state index contributed by atoms with van der Waals surface area (Å²) in [5, 5.41) is 0. The molecule has 0 bridgehead atoms. The molecule has 0 saturated carbocycles. The van der Waals surface area contributed by atoms with E-state index in [2.05, 4.69) is 0 Å². The van der Waals surface area contributed by atoms with E-state index in [9.17, 15) is 0 Å². The van der Waals surface area contributed by atoms with Gasteiger partial charge in [0.15, 0.2) is 0 Å². The summed E-state index contributed by atoms with van der Waals surface area (Å²) >= 11 is -1.67. The molecule has 0 saturated heterocycles. The molecule has 0 heterocycles. The van der Waals surface area contributed by atoms with Crippen LogP contribution in [-0.4, -0.2) is 66.0 Å². The monoisotopic (exact) mass is 143 g/mol. The van der Waals surface area contributed by atoms with Crippen LogP contribution in [0.25, 0.3) is 0 Å². The van der Waals surface area contributed by atoms with E-state index < -0.39 is 15.1 Å². The molecular formula is C3H9AlNaO3. The van der Waals surface area contributed by atoms with Crippen LogP contribution in [0.5, 0.6) is 0 Å². The molecule has 0 aromatic rings. The van der Waals surface area contributed by atoms with Gasteiger partial charge in [0, 0.05) is 50.9 Å². The van der Waals surface area contributed by atoms with Crippen molar-refractivity contribution >= 4 is 44.7 Å². The molecule has 5 heteroatoms. The molecule has 0 aliphatic carbocycles. The first-order valence-corrected chi connectivity index (χ1v) is 3.35. The van der Waals surface area contributed by atoms with Gasteiger partial charge in [-0.1, -0.05) is 0 Å². The van der Waals surface area contributed by atoms with Gasteiger partial charge in [-0.25, -0.2) is 0 Å². The minimum atomic E-state index is -1.67. The van der Waals surface area contributed by atoms with E-state index in [1.54, 1.807) is 21.3 Å². The van der Waals surface area contributed by atoms with E-state index >= 15 is 0 Å². The third-order valence-electron chi connectivity index (χ3n) is 0.577. The summed E-state index contributed by atoms with van der Waals surface area (Å²) in [5.41, 5.74) is 0. The third-order valence-corrected chi connectivity index (χ3v) is 1.73. The predicted octanol–water partition coefficient (Wildman–Crippen LogP) is -0.470. The molecule has 0 fully saturated rings. The van der Waals surface area contributed by atoms with Crippen molar-refractivity contribution in [3.8, 4) is 0 Å². The number of hydrogen-bond acceptors (Lipinski definition) is 3. The van der Waals surface area contributed by atoms with Crippen molar-refractivity contribution < 1.29 is 11.4 Å². The molecule has 0 aliphatic heterocycles. The van der Waals surface area contributed by atoms with Crippen LogP contribution in [0.15, 0.2) is 0 Å². The molecule has 43 valence electrons. The molecule has 0 unspecified atom stereocenters. The van der Waals surface area contributed by atoms with Crippen LogP contribution in [0, 0.1) is 0 Å². The quantitative estimate of drug-likeness (QED) is 0.500. The van der Waals surface area contributed by atoms with Crippen molar-refractivity contribution in [1.29, 1.82) is 0 Å². The van der Waals surface area contributed by atoms with Crippen molar-refractivity contribution in [2.45, 2.75) is 0 Å². The zero-order valence-corrected chi connectivity index (χ0v) is 8.96. The van der Waals surface area contributed by atoms with E-state index in [0.29, 0.717) is 0 Å². The van der Waals surface area contributed by atoms with Crippen molar-refractivity contribution in [2.24, 2.45) is 0 Å². The molecule has 0 aromatic heterocycles. The van der Waals surface area contributed by atoms with E-state index in [-0.39, 0.29) is 29.6 Å². The normalized spacial score (nSPS) is 7.88. The maximum Gasteiger partial charge on any atom is 0.905 e. The van der Waals surface area contributed by atoms with Gasteiger partial charge in [-0.3, -0.25) is 0 Å².